The van der Waals surface area contributed by atoms with Crippen molar-refractivity contribution in [1.82, 2.24) is 9.80 Å². The SMILES string of the molecule is CC(C)[C@H]1CN(CC2CC2)CCC(=O)N1Cc1ccc(F)cc1. The summed E-state index contributed by atoms with van der Waals surface area (Å²) in [7, 11) is 0. The zero-order chi connectivity index (χ0) is 16.4. The van der Waals surface area contributed by atoms with Crippen molar-refractivity contribution in [3.63, 3.8) is 0 Å². The van der Waals surface area contributed by atoms with Crippen LogP contribution in [-0.2, 0) is 11.3 Å². The van der Waals surface area contributed by atoms with Gasteiger partial charge in [-0.15, -0.1) is 0 Å². The normalized spacial score (nSPS) is 23.4. The molecule has 126 valence electrons. The third kappa shape index (κ3) is 4.31. The van der Waals surface area contributed by atoms with Gasteiger partial charge in [-0.25, -0.2) is 4.39 Å². The number of hydrogen-bond acceptors (Lipinski definition) is 2. The summed E-state index contributed by atoms with van der Waals surface area (Å²) in [6, 6.07) is 6.75. The fourth-order valence-electron chi connectivity index (χ4n) is 3.43. The highest BCUT2D eigenvalue weighted by molar-refractivity contribution is 5.77. The van der Waals surface area contributed by atoms with E-state index in [0.29, 0.717) is 18.9 Å². The largest absolute Gasteiger partial charge is 0.334 e. The molecule has 1 aliphatic heterocycles. The number of benzene rings is 1. The maximum Gasteiger partial charge on any atom is 0.224 e. The smallest absolute Gasteiger partial charge is 0.224 e. The molecule has 1 aromatic rings. The molecule has 0 aromatic heterocycles. The van der Waals surface area contributed by atoms with E-state index in [0.717, 1.165) is 31.1 Å². The molecule has 3 nitrogen and oxygen atoms in total. The van der Waals surface area contributed by atoms with Gasteiger partial charge >= 0.3 is 0 Å². The number of rotatable bonds is 5. The highest BCUT2D eigenvalue weighted by Crippen LogP contribution is 2.31. The first-order chi connectivity index (χ1) is 11.0. The second-order valence-corrected chi connectivity index (χ2v) is 7.41. The number of hydrogen-bond donors (Lipinski definition) is 0. The summed E-state index contributed by atoms with van der Waals surface area (Å²) in [6.07, 6.45) is 3.28. The Morgan fingerprint density at radius 1 is 1.22 bits per heavy atom. The zero-order valence-corrected chi connectivity index (χ0v) is 14.2. The summed E-state index contributed by atoms with van der Waals surface area (Å²) in [6.45, 7) is 7.94. The second kappa shape index (κ2) is 7.00. The van der Waals surface area contributed by atoms with Gasteiger partial charge in [-0.1, -0.05) is 26.0 Å². The molecule has 1 heterocycles. The Balaban J connectivity index is 1.74. The highest BCUT2D eigenvalue weighted by Gasteiger charge is 2.33. The molecule has 2 aliphatic rings. The minimum Gasteiger partial charge on any atom is -0.334 e. The molecule has 1 aliphatic carbocycles. The number of nitrogens with zero attached hydrogens (tertiary/aromatic N) is 2. The first-order valence-electron chi connectivity index (χ1n) is 8.79. The van der Waals surface area contributed by atoms with Crippen LogP contribution in [0.1, 0.15) is 38.7 Å². The molecular weight excluding hydrogens is 291 g/mol. The van der Waals surface area contributed by atoms with Crippen molar-refractivity contribution in [1.29, 1.82) is 0 Å². The van der Waals surface area contributed by atoms with E-state index in [1.54, 1.807) is 12.1 Å². The molecular formula is C19H27FN2O. The van der Waals surface area contributed by atoms with Crippen LogP contribution in [0.25, 0.3) is 0 Å². The van der Waals surface area contributed by atoms with Crippen molar-refractivity contribution in [2.75, 3.05) is 19.6 Å². The predicted octanol–water partition coefficient (Wildman–Crippen LogP) is 3.29. The second-order valence-electron chi connectivity index (χ2n) is 7.41. The first kappa shape index (κ1) is 16.4. The summed E-state index contributed by atoms with van der Waals surface area (Å²) in [5, 5.41) is 0. The van der Waals surface area contributed by atoms with E-state index in [1.807, 2.05) is 4.90 Å². The topological polar surface area (TPSA) is 23.6 Å². The van der Waals surface area contributed by atoms with Crippen LogP contribution in [0.2, 0.25) is 0 Å². The van der Waals surface area contributed by atoms with Crippen LogP contribution in [0.3, 0.4) is 0 Å². The zero-order valence-electron chi connectivity index (χ0n) is 14.2. The van der Waals surface area contributed by atoms with E-state index in [-0.39, 0.29) is 17.8 Å². The molecule has 1 amide bonds. The van der Waals surface area contributed by atoms with Gasteiger partial charge < -0.3 is 9.80 Å². The fraction of sp³-hybridized carbons (Fsp3) is 0.632. The first-order valence-corrected chi connectivity index (χ1v) is 8.79. The minimum absolute atomic E-state index is 0.228. The van der Waals surface area contributed by atoms with E-state index in [4.69, 9.17) is 0 Å². The lowest BCUT2D eigenvalue weighted by atomic mass is 10.0. The van der Waals surface area contributed by atoms with Crippen LogP contribution in [0.5, 0.6) is 0 Å². The van der Waals surface area contributed by atoms with Gasteiger partial charge in [0.05, 0.1) is 0 Å². The number of carbonyl (C=O) groups excluding carboxylic acids is 1. The summed E-state index contributed by atoms with van der Waals surface area (Å²) in [5.41, 5.74) is 1.00. The monoisotopic (exact) mass is 318 g/mol. The van der Waals surface area contributed by atoms with Crippen molar-refractivity contribution < 1.29 is 9.18 Å². The Bertz CT molecular complexity index is 539. The maximum absolute atomic E-state index is 13.1. The third-order valence-electron chi connectivity index (χ3n) is 5.06. The number of amides is 1. The van der Waals surface area contributed by atoms with Crippen molar-refractivity contribution in [3.05, 3.63) is 35.6 Å². The molecule has 0 N–H and O–H groups in total. The number of carbonyl (C=O) groups is 1. The molecule has 1 aromatic carbocycles. The van der Waals surface area contributed by atoms with Gasteiger partial charge in [-0.05, 0) is 42.4 Å². The van der Waals surface area contributed by atoms with Crippen molar-refractivity contribution >= 4 is 5.91 Å². The van der Waals surface area contributed by atoms with Gasteiger partial charge in [0.2, 0.25) is 5.91 Å². The van der Waals surface area contributed by atoms with E-state index in [1.165, 1.54) is 25.0 Å². The van der Waals surface area contributed by atoms with Crippen LogP contribution in [0.4, 0.5) is 4.39 Å². The quantitative estimate of drug-likeness (QED) is 0.832. The summed E-state index contributed by atoms with van der Waals surface area (Å²) in [5.74, 6) is 1.26. The van der Waals surface area contributed by atoms with Gasteiger partial charge in [-0.3, -0.25) is 4.79 Å². The maximum atomic E-state index is 13.1. The summed E-state index contributed by atoms with van der Waals surface area (Å²) in [4.78, 5) is 17.2. The Morgan fingerprint density at radius 3 is 2.52 bits per heavy atom. The lowest BCUT2D eigenvalue weighted by Crippen LogP contribution is -2.46. The van der Waals surface area contributed by atoms with Crippen LogP contribution >= 0.6 is 0 Å². The van der Waals surface area contributed by atoms with E-state index in [2.05, 4.69) is 18.7 Å². The van der Waals surface area contributed by atoms with Gasteiger partial charge in [0.15, 0.2) is 0 Å². The summed E-state index contributed by atoms with van der Waals surface area (Å²) < 4.78 is 13.1. The van der Waals surface area contributed by atoms with Crippen molar-refractivity contribution in [3.8, 4) is 0 Å². The highest BCUT2D eigenvalue weighted by atomic mass is 19.1. The van der Waals surface area contributed by atoms with Crippen molar-refractivity contribution in [2.45, 2.75) is 45.7 Å². The van der Waals surface area contributed by atoms with Crippen LogP contribution < -0.4 is 0 Å². The molecule has 2 fully saturated rings. The van der Waals surface area contributed by atoms with Crippen LogP contribution in [0, 0.1) is 17.7 Å². The lowest BCUT2D eigenvalue weighted by molar-refractivity contribution is -0.134. The molecule has 0 spiro atoms. The Labute approximate surface area is 138 Å². The fourth-order valence-corrected chi connectivity index (χ4v) is 3.43. The van der Waals surface area contributed by atoms with E-state index >= 15 is 0 Å². The predicted molar refractivity (Wildman–Crippen MR) is 89.4 cm³/mol. The van der Waals surface area contributed by atoms with Gasteiger partial charge in [0.25, 0.3) is 0 Å². The molecule has 1 atom stereocenters. The molecule has 4 heteroatoms. The summed E-state index contributed by atoms with van der Waals surface area (Å²) >= 11 is 0. The van der Waals surface area contributed by atoms with Gasteiger partial charge in [0, 0.05) is 38.6 Å². The molecule has 0 radical (unpaired) electrons. The Kier molecular flexibility index (Phi) is 5.00. The minimum atomic E-state index is -0.230. The van der Waals surface area contributed by atoms with Crippen LogP contribution in [0.15, 0.2) is 24.3 Å². The van der Waals surface area contributed by atoms with Gasteiger partial charge in [0.1, 0.15) is 5.82 Å². The molecule has 23 heavy (non-hydrogen) atoms. The lowest BCUT2D eigenvalue weighted by Gasteiger charge is -2.35. The van der Waals surface area contributed by atoms with Crippen LogP contribution in [-0.4, -0.2) is 41.4 Å². The molecule has 1 saturated heterocycles. The average molecular weight is 318 g/mol. The van der Waals surface area contributed by atoms with Crippen molar-refractivity contribution in [2.24, 2.45) is 11.8 Å². The number of halogens is 1. The molecule has 0 bridgehead atoms. The average Bonchev–Trinajstić information content (AvgIpc) is 3.33. The Hall–Kier alpha value is -1.42. The van der Waals surface area contributed by atoms with Gasteiger partial charge in [-0.2, -0.15) is 0 Å². The standard InChI is InChI=1S/C19H27FN2O/c1-14(2)18-13-21(11-15-3-4-15)10-9-19(23)22(18)12-16-5-7-17(20)8-6-16/h5-8,14-15,18H,3-4,9-13H2,1-2H3/t18-/m1/s1. The molecule has 0 unspecified atom stereocenters. The Morgan fingerprint density at radius 2 is 1.91 bits per heavy atom. The molecule has 3 rings (SSSR count). The third-order valence-corrected chi connectivity index (χ3v) is 5.06. The molecule has 1 saturated carbocycles. The van der Waals surface area contributed by atoms with E-state index < -0.39 is 0 Å². The van der Waals surface area contributed by atoms with E-state index in [9.17, 15) is 9.18 Å².